The van der Waals surface area contributed by atoms with Gasteiger partial charge >= 0.3 is 12.2 Å². The molecule has 4 N–H and O–H groups in total. The van der Waals surface area contributed by atoms with Crippen molar-refractivity contribution in [2.75, 3.05) is 16.4 Å². The number of nitrogens with two attached hydrogens (primary N) is 1. The number of carbonyl (C=O) groups is 1. The van der Waals surface area contributed by atoms with Crippen LogP contribution in [0.1, 0.15) is 5.56 Å². The third-order valence-electron chi connectivity index (χ3n) is 4.75. The van der Waals surface area contributed by atoms with Crippen molar-refractivity contribution in [3.8, 4) is 11.1 Å². The number of halogens is 5. The molecule has 34 heavy (non-hydrogen) atoms. The topological polar surface area (TPSA) is 102 Å². The van der Waals surface area contributed by atoms with Crippen LogP contribution < -0.4 is 16.4 Å². The number of benzene rings is 2. The van der Waals surface area contributed by atoms with Crippen molar-refractivity contribution < 1.29 is 26.7 Å². The zero-order valence-corrected chi connectivity index (χ0v) is 16.8. The average Bonchev–Trinajstić information content (AvgIpc) is 3.16. The summed E-state index contributed by atoms with van der Waals surface area (Å²) in [7, 11) is 0. The molecule has 8 nitrogen and oxygen atoms in total. The first-order valence-corrected chi connectivity index (χ1v) is 9.32. The molecule has 4 rings (SSSR count). The molecule has 0 saturated heterocycles. The Morgan fingerprint density at radius 2 is 1.79 bits per heavy atom. The van der Waals surface area contributed by atoms with E-state index in [9.17, 15) is 26.7 Å². The number of hydrogen-bond acceptors (Lipinski definition) is 4. The molecule has 13 heteroatoms. The molecule has 2 heterocycles. The molecule has 4 aromatic rings. The number of nitrogen functional groups attached to an aromatic ring is 1. The van der Waals surface area contributed by atoms with E-state index in [0.29, 0.717) is 18.2 Å². The Morgan fingerprint density at radius 3 is 2.47 bits per heavy atom. The summed E-state index contributed by atoms with van der Waals surface area (Å²) in [5.74, 6) is -1.97. The van der Waals surface area contributed by atoms with Crippen LogP contribution in [0.2, 0.25) is 0 Å². The lowest BCUT2D eigenvalue weighted by molar-refractivity contribution is -0.137. The van der Waals surface area contributed by atoms with Crippen LogP contribution in [0.15, 0.2) is 48.9 Å². The van der Waals surface area contributed by atoms with Gasteiger partial charge in [-0.05, 0) is 35.9 Å². The van der Waals surface area contributed by atoms with E-state index >= 15 is 0 Å². The molecular weight excluding hydrogens is 461 g/mol. The molecule has 0 bridgehead atoms. The van der Waals surface area contributed by atoms with Crippen LogP contribution in [-0.2, 0) is 6.18 Å². The largest absolute Gasteiger partial charge is 0.416 e. The Bertz CT molecular complexity index is 1470. The lowest BCUT2D eigenvalue weighted by atomic mass is 10.0. The monoisotopic (exact) mass is 473 g/mol. The molecule has 0 aliphatic heterocycles. The van der Waals surface area contributed by atoms with Gasteiger partial charge < -0.3 is 16.4 Å². The quantitative estimate of drug-likeness (QED) is 0.271. The minimum absolute atomic E-state index is 0.0602. The van der Waals surface area contributed by atoms with Gasteiger partial charge in [-0.15, -0.1) is 0 Å². The third-order valence-corrected chi connectivity index (χ3v) is 4.75. The molecule has 0 fully saturated rings. The summed E-state index contributed by atoms with van der Waals surface area (Å²) in [4.78, 5) is 19.4. The van der Waals surface area contributed by atoms with E-state index < -0.39 is 35.1 Å². The van der Waals surface area contributed by atoms with Gasteiger partial charge in [-0.2, -0.15) is 18.3 Å². The fourth-order valence-electron chi connectivity index (χ4n) is 3.24. The van der Waals surface area contributed by atoms with Gasteiger partial charge in [0.15, 0.2) is 5.82 Å². The lowest BCUT2D eigenvalue weighted by Crippen LogP contribution is -2.21. The summed E-state index contributed by atoms with van der Waals surface area (Å²) < 4.78 is 68.4. The van der Waals surface area contributed by atoms with Crippen molar-refractivity contribution in [3.05, 3.63) is 77.5 Å². The van der Waals surface area contributed by atoms with Gasteiger partial charge in [0.2, 0.25) is 5.69 Å². The van der Waals surface area contributed by atoms with Crippen LogP contribution in [0, 0.1) is 18.2 Å². The predicted molar refractivity (Wildman–Crippen MR) is 113 cm³/mol. The molecule has 0 aliphatic rings. The Kier molecular flexibility index (Phi) is 5.50. The highest BCUT2D eigenvalue weighted by Crippen LogP contribution is 2.38. The molecule has 2 amide bonds. The molecule has 0 aliphatic carbocycles. The Labute approximate surface area is 187 Å². The zero-order chi connectivity index (χ0) is 24.6. The van der Waals surface area contributed by atoms with Crippen LogP contribution in [0.5, 0.6) is 0 Å². The SMILES string of the molecule is [C-]#[N+]c1cn2ncnc(N)c2c1-c1ccc(NC(=O)Nc2cc(C(F)(F)F)ccc2F)c(F)c1. The third kappa shape index (κ3) is 4.16. The number of nitrogens with one attached hydrogen (secondary N) is 2. The summed E-state index contributed by atoms with van der Waals surface area (Å²) in [5.41, 5.74) is 4.56. The Morgan fingerprint density at radius 1 is 1.06 bits per heavy atom. The zero-order valence-electron chi connectivity index (χ0n) is 16.8. The van der Waals surface area contributed by atoms with Crippen LogP contribution in [0.25, 0.3) is 21.5 Å². The standard InChI is InChI=1S/C21H12F5N7O/c1-28-16-8-33-18(19(27)29-9-30-33)17(16)10-2-5-14(13(23)6-10)31-20(34)32-15-7-11(21(24,25)26)3-4-12(15)22/h2-9H,(H2,27,29,30)(H2,31,32,34). The van der Waals surface area contributed by atoms with Gasteiger partial charge in [0, 0.05) is 11.8 Å². The fourth-order valence-corrected chi connectivity index (χ4v) is 3.24. The van der Waals surface area contributed by atoms with E-state index in [1.807, 2.05) is 5.32 Å². The van der Waals surface area contributed by atoms with E-state index in [4.69, 9.17) is 12.3 Å². The number of hydrogen-bond donors (Lipinski definition) is 3. The summed E-state index contributed by atoms with van der Waals surface area (Å²) in [6, 6.07) is 3.92. The Hall–Kier alpha value is -4.73. The molecule has 0 unspecified atom stereocenters. The average molecular weight is 473 g/mol. The van der Waals surface area contributed by atoms with E-state index in [1.54, 1.807) is 0 Å². The maximum Gasteiger partial charge on any atom is 0.416 e. The Balaban J connectivity index is 1.61. The van der Waals surface area contributed by atoms with Crippen LogP contribution >= 0.6 is 0 Å². The van der Waals surface area contributed by atoms with Crippen molar-refractivity contribution in [2.24, 2.45) is 0 Å². The van der Waals surface area contributed by atoms with Crippen molar-refractivity contribution >= 4 is 34.4 Å². The molecule has 2 aromatic carbocycles. The van der Waals surface area contributed by atoms with Gasteiger partial charge in [0.05, 0.1) is 23.5 Å². The molecule has 0 radical (unpaired) electrons. The van der Waals surface area contributed by atoms with Gasteiger partial charge in [0.1, 0.15) is 23.5 Å². The minimum atomic E-state index is -4.75. The number of alkyl halides is 3. The normalized spacial score (nSPS) is 11.3. The summed E-state index contributed by atoms with van der Waals surface area (Å²) >= 11 is 0. The van der Waals surface area contributed by atoms with Crippen molar-refractivity contribution in [3.63, 3.8) is 0 Å². The van der Waals surface area contributed by atoms with E-state index in [2.05, 4.69) is 20.2 Å². The molecule has 0 saturated carbocycles. The van der Waals surface area contributed by atoms with Crippen LogP contribution in [0.3, 0.4) is 0 Å². The van der Waals surface area contributed by atoms with Gasteiger partial charge in [-0.25, -0.2) is 27.9 Å². The molecule has 172 valence electrons. The smallest absolute Gasteiger partial charge is 0.382 e. The van der Waals surface area contributed by atoms with Crippen LogP contribution in [-0.4, -0.2) is 20.6 Å². The summed E-state index contributed by atoms with van der Waals surface area (Å²) in [5, 5.41) is 7.99. The van der Waals surface area contributed by atoms with Gasteiger partial charge in [0.25, 0.3) is 0 Å². The summed E-state index contributed by atoms with van der Waals surface area (Å²) in [6.07, 6.45) is -2.15. The second kappa shape index (κ2) is 8.32. The number of aromatic nitrogens is 3. The number of amides is 2. The number of nitrogens with zero attached hydrogens (tertiary/aromatic N) is 4. The second-order valence-electron chi connectivity index (χ2n) is 6.91. The number of rotatable bonds is 3. The maximum absolute atomic E-state index is 14.8. The molecular formula is C21H12F5N7O. The first-order chi connectivity index (χ1) is 16.1. The highest BCUT2D eigenvalue weighted by Gasteiger charge is 2.31. The summed E-state index contributed by atoms with van der Waals surface area (Å²) in [6.45, 7) is 7.37. The number of anilines is 3. The van der Waals surface area contributed by atoms with Gasteiger partial charge in [-0.1, -0.05) is 6.07 Å². The molecule has 0 spiro atoms. The van der Waals surface area contributed by atoms with Crippen molar-refractivity contribution in [1.29, 1.82) is 0 Å². The lowest BCUT2D eigenvalue weighted by Gasteiger charge is -2.12. The first kappa shape index (κ1) is 22.5. The van der Waals surface area contributed by atoms with Gasteiger partial charge in [-0.3, -0.25) is 0 Å². The highest BCUT2D eigenvalue weighted by atomic mass is 19.4. The first-order valence-electron chi connectivity index (χ1n) is 9.32. The maximum atomic E-state index is 14.8. The fraction of sp³-hybridized carbons (Fsp3) is 0.0476. The second-order valence-corrected chi connectivity index (χ2v) is 6.91. The minimum Gasteiger partial charge on any atom is -0.382 e. The number of urea groups is 1. The van der Waals surface area contributed by atoms with Crippen molar-refractivity contribution in [1.82, 2.24) is 14.6 Å². The predicted octanol–water partition coefficient (Wildman–Crippen LogP) is 5.47. The molecule has 2 aromatic heterocycles. The number of carbonyl (C=O) groups excluding carboxylic acids is 1. The van der Waals surface area contributed by atoms with E-state index in [0.717, 1.165) is 6.07 Å². The highest BCUT2D eigenvalue weighted by molar-refractivity contribution is 6.01. The van der Waals surface area contributed by atoms with E-state index in [-0.39, 0.29) is 33.8 Å². The van der Waals surface area contributed by atoms with Crippen LogP contribution in [0.4, 0.5) is 49.6 Å². The van der Waals surface area contributed by atoms with Crippen molar-refractivity contribution in [2.45, 2.75) is 6.18 Å². The van der Waals surface area contributed by atoms with E-state index in [1.165, 1.54) is 29.2 Å². The number of fused-ring (bicyclic) bond motifs is 1. The molecule has 0 atom stereocenters.